The number of hydrogen-bond donors (Lipinski definition) is 0. The van der Waals surface area contributed by atoms with Gasteiger partial charge in [0.1, 0.15) is 0 Å². The van der Waals surface area contributed by atoms with E-state index in [1.54, 1.807) is 6.92 Å². The molecule has 2 aromatic rings. The van der Waals surface area contributed by atoms with Gasteiger partial charge in [0.2, 0.25) is 5.91 Å². The third-order valence-corrected chi connectivity index (χ3v) is 5.19. The van der Waals surface area contributed by atoms with E-state index in [1.807, 2.05) is 17.0 Å². The Hall–Kier alpha value is -1.00. The van der Waals surface area contributed by atoms with E-state index < -0.39 is 0 Å². The number of likely N-dealkylation sites (tertiary alicyclic amines) is 1. The van der Waals surface area contributed by atoms with Crippen molar-refractivity contribution in [3.63, 3.8) is 0 Å². The first kappa shape index (κ1) is 13.0. The molecule has 0 spiro atoms. The van der Waals surface area contributed by atoms with Gasteiger partial charge in [-0.1, -0.05) is 11.6 Å². The molecule has 0 N–H and O–H groups in total. The number of fused-ring (bicyclic) bond motifs is 1. The molecule has 1 aliphatic rings. The maximum atomic E-state index is 11.4. The van der Waals surface area contributed by atoms with Crippen molar-refractivity contribution in [2.45, 2.75) is 19.4 Å². The predicted octanol–water partition coefficient (Wildman–Crippen LogP) is 3.85. The van der Waals surface area contributed by atoms with Crippen molar-refractivity contribution in [3.8, 4) is 0 Å². The van der Waals surface area contributed by atoms with Crippen molar-refractivity contribution >= 4 is 44.3 Å². The fourth-order valence-electron chi connectivity index (χ4n) is 2.75. The van der Waals surface area contributed by atoms with Crippen LogP contribution in [0, 0.1) is 0 Å². The van der Waals surface area contributed by atoms with Crippen LogP contribution in [0.4, 0.5) is 0 Å². The Bertz CT molecular complexity index is 652. The Kier molecular flexibility index (Phi) is 3.31. The first-order valence-electron chi connectivity index (χ1n) is 6.28. The molecule has 1 aromatic carbocycles. The number of rotatable bonds is 1. The Morgan fingerprint density at radius 1 is 1.42 bits per heavy atom. The summed E-state index contributed by atoms with van der Waals surface area (Å²) in [7, 11) is 0. The SMILES string of the molecule is CC(=O)N1CCC(n2ccc3c(Br)c(Cl)ccc32)C1. The van der Waals surface area contributed by atoms with Crippen LogP contribution in [-0.2, 0) is 4.79 Å². The van der Waals surface area contributed by atoms with Gasteiger partial charge in [-0.25, -0.2) is 0 Å². The van der Waals surface area contributed by atoms with Gasteiger partial charge in [0.05, 0.1) is 11.1 Å². The molecule has 3 nitrogen and oxygen atoms in total. The zero-order chi connectivity index (χ0) is 13.6. The first-order chi connectivity index (χ1) is 9.08. The van der Waals surface area contributed by atoms with E-state index in [1.165, 1.54) is 0 Å². The van der Waals surface area contributed by atoms with E-state index in [-0.39, 0.29) is 5.91 Å². The summed E-state index contributed by atoms with van der Waals surface area (Å²) in [5.41, 5.74) is 1.16. The molecule has 0 radical (unpaired) electrons. The summed E-state index contributed by atoms with van der Waals surface area (Å²) in [4.78, 5) is 13.3. The molecule has 1 atom stereocenters. The highest BCUT2D eigenvalue weighted by atomic mass is 79.9. The lowest BCUT2D eigenvalue weighted by molar-refractivity contribution is -0.127. The second-order valence-corrected chi connectivity index (χ2v) is 6.12. The number of carbonyl (C=O) groups excluding carboxylic acids is 1. The fraction of sp³-hybridized carbons (Fsp3) is 0.357. The predicted molar refractivity (Wildman–Crippen MR) is 80.6 cm³/mol. The van der Waals surface area contributed by atoms with E-state index in [0.29, 0.717) is 6.04 Å². The van der Waals surface area contributed by atoms with E-state index in [2.05, 4.69) is 32.8 Å². The first-order valence-corrected chi connectivity index (χ1v) is 7.45. The number of halogens is 2. The van der Waals surface area contributed by atoms with Gasteiger partial charge in [0, 0.05) is 41.6 Å². The van der Waals surface area contributed by atoms with Crippen LogP contribution in [0.25, 0.3) is 10.9 Å². The Morgan fingerprint density at radius 3 is 2.89 bits per heavy atom. The number of nitrogens with zero attached hydrogens (tertiary/aromatic N) is 2. The van der Waals surface area contributed by atoms with Crippen LogP contribution >= 0.6 is 27.5 Å². The normalized spacial score (nSPS) is 19.3. The molecule has 1 amide bonds. The van der Waals surface area contributed by atoms with Gasteiger partial charge in [-0.05, 0) is 40.5 Å². The lowest BCUT2D eigenvalue weighted by Crippen LogP contribution is -2.26. The third-order valence-electron chi connectivity index (χ3n) is 3.79. The third kappa shape index (κ3) is 2.17. The summed E-state index contributed by atoms with van der Waals surface area (Å²) in [5.74, 6) is 0.156. The van der Waals surface area contributed by atoms with E-state index in [4.69, 9.17) is 11.6 Å². The minimum Gasteiger partial charge on any atom is -0.343 e. The van der Waals surface area contributed by atoms with Crippen molar-refractivity contribution < 1.29 is 4.79 Å². The van der Waals surface area contributed by atoms with Crippen LogP contribution in [0.5, 0.6) is 0 Å². The van der Waals surface area contributed by atoms with Crippen LogP contribution in [0.15, 0.2) is 28.9 Å². The van der Waals surface area contributed by atoms with Crippen molar-refractivity contribution in [1.82, 2.24) is 9.47 Å². The van der Waals surface area contributed by atoms with Crippen LogP contribution in [0.1, 0.15) is 19.4 Å². The molecular formula is C14H14BrClN2O. The summed E-state index contributed by atoms with van der Waals surface area (Å²) in [6, 6.07) is 6.37. The number of benzene rings is 1. The summed E-state index contributed by atoms with van der Waals surface area (Å²) in [6.07, 6.45) is 3.09. The summed E-state index contributed by atoms with van der Waals surface area (Å²) in [5, 5.41) is 1.84. The van der Waals surface area contributed by atoms with Crippen molar-refractivity contribution in [1.29, 1.82) is 0 Å². The molecule has 1 unspecified atom stereocenters. The highest BCUT2D eigenvalue weighted by Crippen LogP contribution is 2.34. The molecule has 3 rings (SSSR count). The van der Waals surface area contributed by atoms with E-state index in [9.17, 15) is 4.79 Å². The van der Waals surface area contributed by atoms with Crippen molar-refractivity contribution in [2.24, 2.45) is 0 Å². The lowest BCUT2D eigenvalue weighted by atomic mass is 10.2. The average molecular weight is 342 g/mol. The summed E-state index contributed by atoms with van der Waals surface area (Å²) < 4.78 is 3.19. The zero-order valence-corrected chi connectivity index (χ0v) is 12.9. The number of hydrogen-bond acceptors (Lipinski definition) is 1. The smallest absolute Gasteiger partial charge is 0.219 e. The van der Waals surface area contributed by atoms with Crippen LogP contribution in [0.2, 0.25) is 5.02 Å². The zero-order valence-electron chi connectivity index (χ0n) is 10.6. The maximum Gasteiger partial charge on any atom is 0.219 e. The Morgan fingerprint density at radius 2 is 2.21 bits per heavy atom. The molecule has 1 fully saturated rings. The molecule has 2 heterocycles. The number of carbonyl (C=O) groups is 1. The fourth-order valence-corrected chi connectivity index (χ4v) is 3.38. The highest BCUT2D eigenvalue weighted by Gasteiger charge is 2.26. The van der Waals surface area contributed by atoms with Crippen LogP contribution in [-0.4, -0.2) is 28.5 Å². The van der Waals surface area contributed by atoms with Crippen molar-refractivity contribution in [3.05, 3.63) is 33.9 Å². The molecule has 19 heavy (non-hydrogen) atoms. The average Bonchev–Trinajstić information content (AvgIpc) is 2.99. The second kappa shape index (κ2) is 4.84. The van der Waals surface area contributed by atoms with Gasteiger partial charge >= 0.3 is 0 Å². The number of aromatic nitrogens is 1. The van der Waals surface area contributed by atoms with Gasteiger partial charge in [0.25, 0.3) is 0 Å². The van der Waals surface area contributed by atoms with Crippen LogP contribution in [0.3, 0.4) is 0 Å². The molecule has 0 aliphatic carbocycles. The molecule has 0 bridgehead atoms. The highest BCUT2D eigenvalue weighted by molar-refractivity contribution is 9.10. The molecular weight excluding hydrogens is 328 g/mol. The second-order valence-electron chi connectivity index (χ2n) is 4.92. The summed E-state index contributed by atoms with van der Waals surface area (Å²) in [6.45, 7) is 3.26. The summed E-state index contributed by atoms with van der Waals surface area (Å²) >= 11 is 9.64. The van der Waals surface area contributed by atoms with Gasteiger partial charge in [-0.3, -0.25) is 4.79 Å². The van der Waals surface area contributed by atoms with Gasteiger partial charge < -0.3 is 9.47 Å². The number of amides is 1. The molecule has 1 aliphatic heterocycles. The Labute approximate surface area is 125 Å². The monoisotopic (exact) mass is 340 g/mol. The molecule has 1 saturated heterocycles. The van der Waals surface area contributed by atoms with Gasteiger partial charge in [0.15, 0.2) is 0 Å². The Balaban J connectivity index is 1.99. The quantitative estimate of drug-likeness (QED) is 0.773. The molecule has 1 aromatic heterocycles. The maximum absolute atomic E-state index is 11.4. The van der Waals surface area contributed by atoms with E-state index in [0.717, 1.165) is 39.9 Å². The van der Waals surface area contributed by atoms with E-state index >= 15 is 0 Å². The molecule has 5 heteroatoms. The minimum atomic E-state index is 0.156. The van der Waals surface area contributed by atoms with Gasteiger partial charge in [-0.2, -0.15) is 0 Å². The minimum absolute atomic E-state index is 0.156. The standard InChI is InChI=1S/C14H14BrClN2O/c1-9(19)17-6-4-10(8-17)18-7-5-11-13(18)3-2-12(16)14(11)15/h2-3,5,7,10H,4,6,8H2,1H3. The van der Waals surface area contributed by atoms with Crippen molar-refractivity contribution in [2.75, 3.05) is 13.1 Å². The van der Waals surface area contributed by atoms with Gasteiger partial charge in [-0.15, -0.1) is 0 Å². The largest absolute Gasteiger partial charge is 0.343 e. The molecule has 100 valence electrons. The topological polar surface area (TPSA) is 25.2 Å². The molecule has 0 saturated carbocycles. The van der Waals surface area contributed by atoms with Crippen LogP contribution < -0.4 is 0 Å². The lowest BCUT2D eigenvalue weighted by Gasteiger charge is -2.16.